The van der Waals surface area contributed by atoms with Gasteiger partial charge in [-0.05, 0) is 37.0 Å². The standard InChI is InChI=1S/C20H30O4/c1-4-6-8-16-14(3)20(24-19(23-16)9-7-5-2)15-10-11-17-18(12-15)22-13-21-17/h10-12,14,16,19-20H,4-9,13H2,1-3H3/t14-,16+,19+,20+/m0/s1. The van der Waals surface area contributed by atoms with Gasteiger partial charge in [0.2, 0.25) is 6.79 Å². The van der Waals surface area contributed by atoms with Crippen LogP contribution in [0, 0.1) is 5.92 Å². The topological polar surface area (TPSA) is 36.9 Å². The van der Waals surface area contributed by atoms with Crippen molar-refractivity contribution in [3.63, 3.8) is 0 Å². The van der Waals surface area contributed by atoms with Crippen molar-refractivity contribution in [2.45, 2.75) is 77.8 Å². The summed E-state index contributed by atoms with van der Waals surface area (Å²) in [6, 6.07) is 6.17. The molecule has 1 saturated heterocycles. The van der Waals surface area contributed by atoms with Crippen LogP contribution in [0.2, 0.25) is 0 Å². The summed E-state index contributed by atoms with van der Waals surface area (Å²) >= 11 is 0. The highest BCUT2D eigenvalue weighted by molar-refractivity contribution is 5.45. The third kappa shape index (κ3) is 3.86. The lowest BCUT2D eigenvalue weighted by Gasteiger charge is -2.41. The van der Waals surface area contributed by atoms with Crippen LogP contribution in [0.15, 0.2) is 18.2 Å². The van der Waals surface area contributed by atoms with E-state index in [-0.39, 0.29) is 18.5 Å². The van der Waals surface area contributed by atoms with Gasteiger partial charge in [0, 0.05) is 5.92 Å². The van der Waals surface area contributed by atoms with Gasteiger partial charge in [0.25, 0.3) is 0 Å². The molecule has 2 aliphatic rings. The first-order valence-electron chi connectivity index (χ1n) is 9.43. The van der Waals surface area contributed by atoms with Crippen LogP contribution >= 0.6 is 0 Å². The molecule has 0 bridgehead atoms. The molecule has 4 nitrogen and oxygen atoms in total. The largest absolute Gasteiger partial charge is 0.454 e. The van der Waals surface area contributed by atoms with Crippen LogP contribution < -0.4 is 9.47 Å². The number of ether oxygens (including phenoxy) is 4. The van der Waals surface area contributed by atoms with Gasteiger partial charge in [0.1, 0.15) is 0 Å². The Bertz CT molecular complexity index is 530. The van der Waals surface area contributed by atoms with Gasteiger partial charge in [-0.3, -0.25) is 0 Å². The SMILES string of the molecule is CCCC[C@@H]1O[C@H](CCCC)[C@H](C)[C@H](c2ccc3c(c2)OCO3)O1. The van der Waals surface area contributed by atoms with Crippen molar-refractivity contribution >= 4 is 0 Å². The normalized spacial score (nSPS) is 29.0. The highest BCUT2D eigenvalue weighted by Crippen LogP contribution is 2.42. The fourth-order valence-electron chi connectivity index (χ4n) is 3.55. The van der Waals surface area contributed by atoms with Crippen molar-refractivity contribution in [1.82, 2.24) is 0 Å². The second-order valence-corrected chi connectivity index (χ2v) is 6.92. The monoisotopic (exact) mass is 334 g/mol. The van der Waals surface area contributed by atoms with Crippen molar-refractivity contribution in [1.29, 1.82) is 0 Å². The molecule has 0 aliphatic carbocycles. The van der Waals surface area contributed by atoms with E-state index in [1.807, 2.05) is 6.07 Å². The van der Waals surface area contributed by atoms with Gasteiger partial charge < -0.3 is 18.9 Å². The minimum Gasteiger partial charge on any atom is -0.454 e. The Morgan fingerprint density at radius 3 is 2.50 bits per heavy atom. The fourth-order valence-corrected chi connectivity index (χ4v) is 3.55. The van der Waals surface area contributed by atoms with Crippen molar-refractivity contribution in [3.05, 3.63) is 23.8 Å². The minimum atomic E-state index is -0.0987. The molecule has 4 heteroatoms. The van der Waals surface area contributed by atoms with E-state index < -0.39 is 0 Å². The van der Waals surface area contributed by atoms with E-state index >= 15 is 0 Å². The molecule has 0 radical (unpaired) electrons. The number of hydrogen-bond donors (Lipinski definition) is 0. The number of rotatable bonds is 7. The molecule has 0 saturated carbocycles. The Morgan fingerprint density at radius 1 is 0.958 bits per heavy atom. The zero-order valence-corrected chi connectivity index (χ0v) is 15.1. The molecular weight excluding hydrogens is 304 g/mol. The lowest BCUT2D eigenvalue weighted by Crippen LogP contribution is -2.40. The lowest BCUT2D eigenvalue weighted by atomic mass is 9.88. The van der Waals surface area contributed by atoms with Crippen molar-refractivity contribution in [2.24, 2.45) is 5.92 Å². The van der Waals surface area contributed by atoms with Crippen LogP contribution in [-0.4, -0.2) is 19.2 Å². The molecular formula is C20H30O4. The molecule has 134 valence electrons. The maximum atomic E-state index is 6.34. The third-order valence-corrected chi connectivity index (χ3v) is 5.05. The van der Waals surface area contributed by atoms with Crippen LogP contribution in [0.5, 0.6) is 11.5 Å². The summed E-state index contributed by atoms with van der Waals surface area (Å²) in [5, 5.41) is 0. The highest BCUT2D eigenvalue weighted by atomic mass is 16.7. The van der Waals surface area contributed by atoms with Crippen LogP contribution in [0.25, 0.3) is 0 Å². The summed E-state index contributed by atoms with van der Waals surface area (Å²) in [5.74, 6) is 1.98. The molecule has 0 aromatic heterocycles. The summed E-state index contributed by atoms with van der Waals surface area (Å²) in [6.45, 7) is 6.98. The van der Waals surface area contributed by atoms with Gasteiger partial charge in [-0.15, -0.1) is 0 Å². The Balaban J connectivity index is 1.77. The quantitative estimate of drug-likeness (QED) is 0.685. The summed E-state index contributed by atoms with van der Waals surface area (Å²) in [4.78, 5) is 0. The molecule has 0 N–H and O–H groups in total. The summed E-state index contributed by atoms with van der Waals surface area (Å²) in [5.41, 5.74) is 1.16. The lowest BCUT2D eigenvalue weighted by molar-refractivity contribution is -0.272. The Labute approximate surface area is 145 Å². The Hall–Kier alpha value is -1.26. The summed E-state index contributed by atoms with van der Waals surface area (Å²) in [7, 11) is 0. The van der Waals surface area contributed by atoms with Crippen LogP contribution in [0.3, 0.4) is 0 Å². The Kier molecular flexibility index (Phi) is 6.01. The van der Waals surface area contributed by atoms with Gasteiger partial charge in [0.15, 0.2) is 17.8 Å². The number of hydrogen-bond acceptors (Lipinski definition) is 4. The molecule has 0 spiro atoms. The molecule has 1 aromatic carbocycles. The van der Waals surface area contributed by atoms with Crippen LogP contribution in [0.1, 0.15) is 71.0 Å². The predicted octanol–water partition coefficient (Wildman–Crippen LogP) is 5.21. The number of fused-ring (bicyclic) bond motifs is 1. The summed E-state index contributed by atoms with van der Waals surface area (Å²) in [6.07, 6.45) is 6.97. The first-order chi connectivity index (χ1) is 11.7. The molecule has 0 unspecified atom stereocenters. The van der Waals surface area contributed by atoms with E-state index in [2.05, 4.69) is 32.9 Å². The highest BCUT2D eigenvalue weighted by Gasteiger charge is 2.37. The molecule has 1 aromatic rings. The molecule has 2 aliphatic heterocycles. The number of unbranched alkanes of at least 4 members (excludes halogenated alkanes) is 2. The molecule has 24 heavy (non-hydrogen) atoms. The van der Waals surface area contributed by atoms with Gasteiger partial charge in [0.05, 0.1) is 12.2 Å². The summed E-state index contributed by atoms with van der Waals surface area (Å²) < 4.78 is 23.6. The third-order valence-electron chi connectivity index (χ3n) is 5.05. The van der Waals surface area contributed by atoms with Gasteiger partial charge in [-0.1, -0.05) is 46.1 Å². The van der Waals surface area contributed by atoms with Crippen molar-refractivity contribution < 1.29 is 18.9 Å². The average Bonchev–Trinajstić information content (AvgIpc) is 3.07. The fraction of sp³-hybridized carbons (Fsp3) is 0.700. The second-order valence-electron chi connectivity index (χ2n) is 6.92. The molecule has 1 fully saturated rings. The van der Waals surface area contributed by atoms with Crippen molar-refractivity contribution in [3.8, 4) is 11.5 Å². The van der Waals surface area contributed by atoms with E-state index in [4.69, 9.17) is 18.9 Å². The number of benzene rings is 1. The molecule has 0 amide bonds. The Morgan fingerprint density at radius 2 is 1.71 bits per heavy atom. The van der Waals surface area contributed by atoms with E-state index in [1.165, 1.54) is 12.8 Å². The van der Waals surface area contributed by atoms with E-state index in [0.717, 1.165) is 42.7 Å². The van der Waals surface area contributed by atoms with Crippen molar-refractivity contribution in [2.75, 3.05) is 6.79 Å². The van der Waals surface area contributed by atoms with Gasteiger partial charge in [-0.2, -0.15) is 0 Å². The van der Waals surface area contributed by atoms with Gasteiger partial charge >= 0.3 is 0 Å². The molecule has 3 rings (SSSR count). The molecule has 2 heterocycles. The average molecular weight is 334 g/mol. The maximum absolute atomic E-state index is 6.34. The van der Waals surface area contributed by atoms with E-state index in [9.17, 15) is 0 Å². The zero-order valence-electron chi connectivity index (χ0n) is 15.1. The van der Waals surface area contributed by atoms with Crippen LogP contribution in [0.4, 0.5) is 0 Å². The van der Waals surface area contributed by atoms with Gasteiger partial charge in [-0.25, -0.2) is 0 Å². The first kappa shape index (κ1) is 17.6. The second kappa shape index (κ2) is 8.21. The molecule has 4 atom stereocenters. The predicted molar refractivity (Wildman–Crippen MR) is 93.3 cm³/mol. The first-order valence-corrected chi connectivity index (χ1v) is 9.43. The smallest absolute Gasteiger partial charge is 0.231 e. The zero-order chi connectivity index (χ0) is 16.9. The van der Waals surface area contributed by atoms with E-state index in [1.54, 1.807) is 0 Å². The maximum Gasteiger partial charge on any atom is 0.231 e. The van der Waals surface area contributed by atoms with E-state index in [0.29, 0.717) is 12.7 Å². The van der Waals surface area contributed by atoms with Crippen LogP contribution in [-0.2, 0) is 9.47 Å². The minimum absolute atomic E-state index is 0.0527.